The Labute approximate surface area is 196 Å². The molecule has 1 atom stereocenters. The van der Waals surface area contributed by atoms with Gasteiger partial charge in [0.1, 0.15) is 11.8 Å². The van der Waals surface area contributed by atoms with Crippen LogP contribution >= 0.6 is 0 Å². The summed E-state index contributed by atoms with van der Waals surface area (Å²) >= 11 is 0. The van der Waals surface area contributed by atoms with Crippen molar-refractivity contribution in [3.05, 3.63) is 77.9 Å². The van der Waals surface area contributed by atoms with E-state index in [2.05, 4.69) is 29.6 Å². The third kappa shape index (κ3) is 6.58. The Balaban J connectivity index is 1.79. The fourth-order valence-corrected chi connectivity index (χ4v) is 3.90. The first kappa shape index (κ1) is 24.3. The summed E-state index contributed by atoms with van der Waals surface area (Å²) in [5.41, 5.74) is 2.07. The molecule has 33 heavy (non-hydrogen) atoms. The first-order chi connectivity index (χ1) is 15.9. The van der Waals surface area contributed by atoms with E-state index in [9.17, 15) is 9.59 Å². The molecule has 1 N–H and O–H groups in total. The Morgan fingerprint density at radius 3 is 2.45 bits per heavy atom. The van der Waals surface area contributed by atoms with E-state index in [0.29, 0.717) is 31.8 Å². The average molecular weight is 447 g/mol. The van der Waals surface area contributed by atoms with Crippen molar-refractivity contribution >= 4 is 22.6 Å². The monoisotopic (exact) mass is 446 g/mol. The van der Waals surface area contributed by atoms with Crippen LogP contribution in [0.2, 0.25) is 0 Å². The second-order valence-electron chi connectivity index (χ2n) is 8.83. The maximum Gasteiger partial charge on any atom is 0.242 e. The third-order valence-corrected chi connectivity index (χ3v) is 5.83. The van der Waals surface area contributed by atoms with Gasteiger partial charge in [0.15, 0.2) is 0 Å². The second kappa shape index (κ2) is 11.5. The zero-order chi connectivity index (χ0) is 23.8. The van der Waals surface area contributed by atoms with Crippen molar-refractivity contribution in [1.29, 1.82) is 0 Å². The standard InChI is InChI=1S/C28H34N2O3/c1-20(2)18-29-28(32)21(3)30(19-22-9-7-13-25(17-22)33-4)27(31)16-15-24-12-8-11-23-10-5-6-14-26(23)24/h5-14,17,20-21H,15-16,18-19H2,1-4H3,(H,29,32). The quantitative estimate of drug-likeness (QED) is 0.478. The summed E-state index contributed by atoms with van der Waals surface area (Å²) < 4.78 is 5.33. The largest absolute Gasteiger partial charge is 0.497 e. The third-order valence-electron chi connectivity index (χ3n) is 5.83. The number of carbonyl (C=O) groups excluding carboxylic acids is 2. The van der Waals surface area contributed by atoms with Crippen molar-refractivity contribution in [2.75, 3.05) is 13.7 Å². The van der Waals surface area contributed by atoms with Gasteiger partial charge in [-0.2, -0.15) is 0 Å². The number of carbonyl (C=O) groups is 2. The molecule has 0 aliphatic heterocycles. The molecule has 0 bridgehead atoms. The van der Waals surface area contributed by atoms with Crippen molar-refractivity contribution in [3.63, 3.8) is 0 Å². The van der Waals surface area contributed by atoms with Crippen LogP contribution in [-0.2, 0) is 22.6 Å². The van der Waals surface area contributed by atoms with Crippen LogP contribution in [0.1, 0.15) is 38.3 Å². The van der Waals surface area contributed by atoms with Gasteiger partial charge in [0.25, 0.3) is 0 Å². The molecule has 5 nitrogen and oxygen atoms in total. The normalized spacial score (nSPS) is 11.9. The van der Waals surface area contributed by atoms with E-state index in [1.165, 1.54) is 0 Å². The lowest BCUT2D eigenvalue weighted by molar-refractivity contribution is -0.140. The van der Waals surface area contributed by atoms with Crippen LogP contribution in [-0.4, -0.2) is 36.4 Å². The van der Waals surface area contributed by atoms with Crippen LogP contribution in [0.3, 0.4) is 0 Å². The minimum Gasteiger partial charge on any atom is -0.497 e. The number of hydrogen-bond donors (Lipinski definition) is 1. The van der Waals surface area contributed by atoms with Gasteiger partial charge in [-0.1, -0.05) is 68.4 Å². The number of ether oxygens (including phenoxy) is 1. The summed E-state index contributed by atoms with van der Waals surface area (Å²) in [4.78, 5) is 27.9. The number of nitrogens with one attached hydrogen (secondary N) is 1. The van der Waals surface area contributed by atoms with Gasteiger partial charge in [0, 0.05) is 19.5 Å². The molecule has 0 radical (unpaired) electrons. The molecule has 0 fully saturated rings. The van der Waals surface area contributed by atoms with Gasteiger partial charge in [0.2, 0.25) is 11.8 Å². The van der Waals surface area contributed by atoms with Crippen LogP contribution in [0.15, 0.2) is 66.7 Å². The fourth-order valence-electron chi connectivity index (χ4n) is 3.90. The van der Waals surface area contributed by atoms with E-state index in [4.69, 9.17) is 4.74 Å². The zero-order valence-electron chi connectivity index (χ0n) is 20.0. The summed E-state index contributed by atoms with van der Waals surface area (Å²) in [7, 11) is 1.62. The zero-order valence-corrected chi connectivity index (χ0v) is 20.0. The number of fused-ring (bicyclic) bond motifs is 1. The van der Waals surface area contributed by atoms with E-state index < -0.39 is 6.04 Å². The SMILES string of the molecule is COc1cccc(CN(C(=O)CCc2cccc3ccccc23)C(C)C(=O)NCC(C)C)c1. The van der Waals surface area contributed by atoms with Gasteiger partial charge in [-0.25, -0.2) is 0 Å². The van der Waals surface area contributed by atoms with Crippen LogP contribution < -0.4 is 10.1 Å². The number of aryl methyl sites for hydroxylation is 1. The van der Waals surface area contributed by atoms with Gasteiger partial charge in [0.05, 0.1) is 7.11 Å². The first-order valence-corrected chi connectivity index (χ1v) is 11.6. The lowest BCUT2D eigenvalue weighted by Crippen LogP contribution is -2.48. The summed E-state index contributed by atoms with van der Waals surface area (Å²) in [6, 6.07) is 21.4. The minimum atomic E-state index is -0.574. The molecule has 3 rings (SSSR count). The molecule has 0 saturated heterocycles. The second-order valence-corrected chi connectivity index (χ2v) is 8.83. The highest BCUT2D eigenvalue weighted by molar-refractivity contribution is 5.88. The van der Waals surface area contributed by atoms with E-state index in [1.807, 2.05) is 56.3 Å². The van der Waals surface area contributed by atoms with Crippen LogP contribution in [0, 0.1) is 5.92 Å². The summed E-state index contributed by atoms with van der Waals surface area (Å²) in [5.74, 6) is 0.894. The Kier molecular flexibility index (Phi) is 8.47. The maximum absolute atomic E-state index is 13.4. The molecule has 0 aliphatic rings. The van der Waals surface area contributed by atoms with Crippen LogP contribution in [0.4, 0.5) is 0 Å². The molecule has 0 spiro atoms. The molecule has 5 heteroatoms. The number of hydrogen-bond acceptors (Lipinski definition) is 3. The molecule has 0 aromatic heterocycles. The highest BCUT2D eigenvalue weighted by Crippen LogP contribution is 2.21. The van der Waals surface area contributed by atoms with Crippen molar-refractivity contribution in [2.45, 2.75) is 46.2 Å². The topological polar surface area (TPSA) is 58.6 Å². The fraction of sp³-hybridized carbons (Fsp3) is 0.357. The van der Waals surface area contributed by atoms with Crippen molar-refractivity contribution in [1.82, 2.24) is 10.2 Å². The maximum atomic E-state index is 13.4. The lowest BCUT2D eigenvalue weighted by atomic mass is 10.0. The van der Waals surface area contributed by atoms with E-state index >= 15 is 0 Å². The molecule has 0 heterocycles. The van der Waals surface area contributed by atoms with Crippen LogP contribution in [0.25, 0.3) is 10.8 Å². The molecular weight excluding hydrogens is 412 g/mol. The van der Waals surface area contributed by atoms with Gasteiger partial charge in [-0.3, -0.25) is 9.59 Å². The predicted octanol–water partition coefficient (Wildman–Crippen LogP) is 4.97. The van der Waals surface area contributed by atoms with E-state index in [1.54, 1.807) is 18.9 Å². The molecule has 3 aromatic rings. The average Bonchev–Trinajstić information content (AvgIpc) is 2.83. The Morgan fingerprint density at radius 1 is 0.970 bits per heavy atom. The lowest BCUT2D eigenvalue weighted by Gasteiger charge is -2.29. The van der Waals surface area contributed by atoms with Gasteiger partial charge in [-0.15, -0.1) is 0 Å². The number of methoxy groups -OCH3 is 1. The van der Waals surface area contributed by atoms with E-state index in [0.717, 1.165) is 27.6 Å². The van der Waals surface area contributed by atoms with Crippen molar-refractivity contribution in [3.8, 4) is 5.75 Å². The van der Waals surface area contributed by atoms with Crippen molar-refractivity contribution < 1.29 is 14.3 Å². The molecule has 3 aromatic carbocycles. The molecule has 0 saturated carbocycles. The minimum absolute atomic E-state index is 0.0436. The van der Waals surface area contributed by atoms with Crippen molar-refractivity contribution in [2.24, 2.45) is 5.92 Å². The molecule has 174 valence electrons. The molecule has 0 aliphatic carbocycles. The van der Waals surface area contributed by atoms with Crippen LogP contribution in [0.5, 0.6) is 5.75 Å². The van der Waals surface area contributed by atoms with E-state index in [-0.39, 0.29) is 11.8 Å². The first-order valence-electron chi connectivity index (χ1n) is 11.6. The highest BCUT2D eigenvalue weighted by atomic mass is 16.5. The highest BCUT2D eigenvalue weighted by Gasteiger charge is 2.26. The Hall–Kier alpha value is -3.34. The summed E-state index contributed by atoms with van der Waals surface area (Å²) in [5, 5.41) is 5.29. The molecule has 2 amide bonds. The summed E-state index contributed by atoms with van der Waals surface area (Å²) in [6.45, 7) is 6.83. The number of benzene rings is 3. The van der Waals surface area contributed by atoms with Gasteiger partial charge in [-0.05, 0) is 53.3 Å². The smallest absolute Gasteiger partial charge is 0.242 e. The Bertz CT molecular complexity index is 1090. The number of amides is 2. The number of nitrogens with zero attached hydrogens (tertiary/aromatic N) is 1. The van der Waals surface area contributed by atoms with Gasteiger partial charge < -0.3 is 15.0 Å². The molecule has 1 unspecified atom stereocenters. The van der Waals surface area contributed by atoms with Gasteiger partial charge >= 0.3 is 0 Å². The number of rotatable bonds is 10. The Morgan fingerprint density at radius 2 is 1.70 bits per heavy atom. The summed E-state index contributed by atoms with van der Waals surface area (Å²) in [6.07, 6.45) is 0.953. The molecular formula is C28H34N2O3. The predicted molar refractivity (Wildman–Crippen MR) is 133 cm³/mol.